The summed E-state index contributed by atoms with van der Waals surface area (Å²) in [7, 11) is -4.04. The zero-order valence-electron chi connectivity index (χ0n) is 9.29. The molecule has 0 amide bonds. The molecule has 2 aromatic rings. The van der Waals surface area contributed by atoms with E-state index in [1.54, 1.807) is 0 Å². The molecule has 1 heterocycles. The maximum Gasteiger partial charge on any atom is 0.337 e. The van der Waals surface area contributed by atoms with Crippen LogP contribution in [0.2, 0.25) is 0 Å². The minimum absolute atomic E-state index is 0.256. The predicted octanol–water partition coefficient (Wildman–Crippen LogP) is 1.05. The first-order valence-electron chi connectivity index (χ1n) is 4.94. The topological polar surface area (TPSA) is 112 Å². The van der Waals surface area contributed by atoms with Crippen LogP contribution in [-0.2, 0) is 10.0 Å². The van der Waals surface area contributed by atoms with E-state index in [2.05, 4.69) is 9.97 Å². The molecule has 0 aliphatic carbocycles. The minimum Gasteiger partial charge on any atom is -0.478 e. The molecular weight excluding hydrogens is 277 g/mol. The third-order valence-corrected chi connectivity index (χ3v) is 3.51. The van der Waals surface area contributed by atoms with Gasteiger partial charge in [0.25, 0.3) is 10.0 Å². The highest BCUT2D eigenvalue weighted by molar-refractivity contribution is 7.92. The van der Waals surface area contributed by atoms with Crippen molar-refractivity contribution in [3.8, 4) is 0 Å². The molecule has 0 fully saturated rings. The third-order valence-electron chi connectivity index (χ3n) is 2.22. The smallest absolute Gasteiger partial charge is 0.337 e. The average molecular weight is 285 g/mol. The van der Waals surface area contributed by atoms with Crippen LogP contribution in [0.15, 0.2) is 35.7 Å². The first-order valence-corrected chi connectivity index (χ1v) is 6.42. The number of rotatable bonds is 4. The van der Waals surface area contributed by atoms with Crippen LogP contribution in [0.25, 0.3) is 0 Å². The summed E-state index contributed by atoms with van der Waals surface area (Å²) in [5.41, 5.74) is -0.716. The van der Waals surface area contributed by atoms with Crippen molar-refractivity contribution in [2.24, 2.45) is 0 Å². The Morgan fingerprint density at radius 3 is 2.74 bits per heavy atom. The number of imidazole rings is 1. The van der Waals surface area contributed by atoms with E-state index < -0.39 is 21.8 Å². The number of carbonyl (C=O) groups is 1. The number of aromatic carboxylic acids is 1. The molecule has 1 aromatic carbocycles. The van der Waals surface area contributed by atoms with Crippen molar-refractivity contribution in [2.45, 2.75) is 5.03 Å². The number of aromatic nitrogens is 2. The summed E-state index contributed by atoms with van der Waals surface area (Å²) >= 11 is 0. The van der Waals surface area contributed by atoms with E-state index in [9.17, 15) is 17.6 Å². The van der Waals surface area contributed by atoms with Crippen LogP contribution in [0.4, 0.5) is 10.1 Å². The lowest BCUT2D eigenvalue weighted by Crippen LogP contribution is -2.16. The van der Waals surface area contributed by atoms with Gasteiger partial charge in [-0.15, -0.1) is 0 Å². The standard InChI is InChI=1S/C10H8FN3O4S/c11-6-1-2-7(10(15)16)8(3-6)14-19(17,18)9-4-12-5-13-9/h1-5,14H,(H,12,13)(H,15,16). The molecule has 1 aromatic heterocycles. The summed E-state index contributed by atoms with van der Waals surface area (Å²) in [5, 5.41) is 8.65. The maximum absolute atomic E-state index is 13.1. The van der Waals surface area contributed by atoms with E-state index in [4.69, 9.17) is 5.11 Å². The Balaban J connectivity index is 2.44. The van der Waals surface area contributed by atoms with Crippen molar-refractivity contribution >= 4 is 21.7 Å². The fourth-order valence-corrected chi connectivity index (χ4v) is 2.35. The van der Waals surface area contributed by atoms with Gasteiger partial charge in [-0.1, -0.05) is 0 Å². The molecule has 100 valence electrons. The van der Waals surface area contributed by atoms with E-state index in [0.717, 1.165) is 30.7 Å². The van der Waals surface area contributed by atoms with E-state index in [1.807, 2.05) is 4.72 Å². The number of aromatic amines is 1. The predicted molar refractivity (Wildman–Crippen MR) is 62.8 cm³/mol. The summed E-state index contributed by atoms with van der Waals surface area (Å²) in [4.78, 5) is 16.8. The lowest BCUT2D eigenvalue weighted by molar-refractivity contribution is 0.0698. The molecule has 7 nitrogen and oxygen atoms in total. The SMILES string of the molecule is O=C(O)c1ccc(F)cc1NS(=O)(=O)c1cnc[nH]1. The summed E-state index contributed by atoms with van der Waals surface area (Å²) in [5.74, 6) is -2.13. The Morgan fingerprint density at radius 1 is 1.42 bits per heavy atom. The number of H-pyrrole nitrogens is 1. The number of anilines is 1. The van der Waals surface area contributed by atoms with Crippen molar-refractivity contribution in [1.29, 1.82) is 0 Å². The lowest BCUT2D eigenvalue weighted by atomic mass is 10.2. The second-order valence-electron chi connectivity index (χ2n) is 3.52. The van der Waals surface area contributed by atoms with Crippen LogP contribution in [-0.4, -0.2) is 29.5 Å². The fraction of sp³-hybridized carbons (Fsp3) is 0. The molecule has 0 aliphatic rings. The van der Waals surface area contributed by atoms with Gasteiger partial charge in [0.1, 0.15) is 5.82 Å². The normalized spacial score (nSPS) is 11.2. The molecule has 0 atom stereocenters. The van der Waals surface area contributed by atoms with Crippen molar-refractivity contribution in [1.82, 2.24) is 9.97 Å². The maximum atomic E-state index is 13.1. The van der Waals surface area contributed by atoms with E-state index >= 15 is 0 Å². The Morgan fingerprint density at radius 2 is 2.16 bits per heavy atom. The van der Waals surface area contributed by atoms with Gasteiger partial charge in [0, 0.05) is 0 Å². The second kappa shape index (κ2) is 4.69. The minimum atomic E-state index is -4.04. The summed E-state index contributed by atoms with van der Waals surface area (Å²) < 4.78 is 38.8. The van der Waals surface area contributed by atoms with Gasteiger partial charge in [0.2, 0.25) is 0 Å². The highest BCUT2D eigenvalue weighted by atomic mass is 32.2. The van der Waals surface area contributed by atoms with E-state index in [1.165, 1.54) is 0 Å². The number of nitrogens with one attached hydrogen (secondary N) is 2. The molecular formula is C10H8FN3O4S. The van der Waals surface area contributed by atoms with Crippen molar-refractivity contribution in [2.75, 3.05) is 4.72 Å². The number of hydrogen-bond acceptors (Lipinski definition) is 4. The van der Waals surface area contributed by atoms with Crippen LogP contribution in [0.5, 0.6) is 0 Å². The van der Waals surface area contributed by atoms with Crippen LogP contribution in [0.1, 0.15) is 10.4 Å². The summed E-state index contributed by atoms with van der Waals surface area (Å²) in [6.45, 7) is 0. The van der Waals surface area contributed by atoms with E-state index in [-0.39, 0.29) is 16.3 Å². The molecule has 9 heteroatoms. The van der Waals surface area contributed by atoms with Gasteiger partial charge in [-0.2, -0.15) is 8.42 Å². The van der Waals surface area contributed by atoms with Crippen LogP contribution >= 0.6 is 0 Å². The number of benzene rings is 1. The molecule has 0 spiro atoms. The van der Waals surface area contributed by atoms with Gasteiger partial charge in [0.05, 0.1) is 23.8 Å². The number of halogens is 1. The summed E-state index contributed by atoms with van der Waals surface area (Å²) in [6.07, 6.45) is 2.19. The molecule has 0 saturated heterocycles. The van der Waals surface area contributed by atoms with Gasteiger partial charge in [-0.3, -0.25) is 4.72 Å². The van der Waals surface area contributed by atoms with Crippen molar-refractivity contribution < 1.29 is 22.7 Å². The largest absolute Gasteiger partial charge is 0.478 e. The zero-order chi connectivity index (χ0) is 14.0. The van der Waals surface area contributed by atoms with Gasteiger partial charge in [0.15, 0.2) is 5.03 Å². The third kappa shape index (κ3) is 2.71. The highest BCUT2D eigenvalue weighted by Gasteiger charge is 2.20. The molecule has 19 heavy (non-hydrogen) atoms. The van der Waals surface area contributed by atoms with Gasteiger partial charge in [-0.05, 0) is 18.2 Å². The van der Waals surface area contributed by atoms with Crippen LogP contribution < -0.4 is 4.72 Å². The number of hydrogen-bond donors (Lipinski definition) is 3. The number of nitrogens with zero attached hydrogens (tertiary/aromatic N) is 1. The Hall–Kier alpha value is -2.42. The van der Waals surface area contributed by atoms with Crippen molar-refractivity contribution in [3.05, 3.63) is 42.1 Å². The first kappa shape index (κ1) is 13.0. The molecule has 0 aliphatic heterocycles. The molecule has 0 saturated carbocycles. The number of sulfonamides is 1. The van der Waals surface area contributed by atoms with E-state index in [0.29, 0.717) is 0 Å². The Kier molecular flexibility index (Phi) is 3.21. The first-order chi connectivity index (χ1) is 8.90. The average Bonchev–Trinajstić information content (AvgIpc) is 2.81. The molecule has 0 bridgehead atoms. The zero-order valence-corrected chi connectivity index (χ0v) is 10.1. The Bertz CT molecular complexity index is 712. The van der Waals surface area contributed by atoms with Gasteiger partial charge in [-0.25, -0.2) is 14.2 Å². The lowest BCUT2D eigenvalue weighted by Gasteiger charge is -2.09. The van der Waals surface area contributed by atoms with Crippen LogP contribution in [0, 0.1) is 5.82 Å². The molecule has 0 unspecified atom stereocenters. The van der Waals surface area contributed by atoms with Crippen molar-refractivity contribution in [3.63, 3.8) is 0 Å². The molecule has 0 radical (unpaired) electrons. The summed E-state index contributed by atoms with van der Waals surface area (Å²) in [6, 6.07) is 2.69. The van der Waals surface area contributed by atoms with Gasteiger partial charge >= 0.3 is 5.97 Å². The second-order valence-corrected chi connectivity index (χ2v) is 5.17. The van der Waals surface area contributed by atoms with Gasteiger partial charge < -0.3 is 10.1 Å². The van der Waals surface area contributed by atoms with Crippen LogP contribution in [0.3, 0.4) is 0 Å². The highest BCUT2D eigenvalue weighted by Crippen LogP contribution is 2.20. The number of carboxylic acids is 1. The quantitative estimate of drug-likeness (QED) is 0.777. The Labute approximate surface area is 107 Å². The monoisotopic (exact) mass is 285 g/mol. The molecule has 3 N–H and O–H groups in total. The number of carboxylic acid groups (broad SMARTS) is 1. The molecule has 2 rings (SSSR count). The fourth-order valence-electron chi connectivity index (χ4n) is 1.38.